The molecule has 2 nitrogen and oxygen atoms in total. The van der Waals surface area contributed by atoms with E-state index in [1.54, 1.807) is 0 Å². The Bertz CT molecular complexity index is 30.9. The van der Waals surface area contributed by atoms with Crippen LogP contribution in [0.4, 0.5) is 0 Å². The first-order chi connectivity index (χ1) is 2.77. The van der Waals surface area contributed by atoms with Crippen LogP contribution in [0.15, 0.2) is 0 Å². The minimum Gasteiger partial charge on any atom is -0.865 e. The van der Waals surface area contributed by atoms with Crippen LogP contribution in [0.25, 0.3) is 0 Å². The third-order valence-corrected chi connectivity index (χ3v) is 0.524. The molecule has 0 fully saturated rings. The van der Waals surface area contributed by atoms with E-state index in [4.69, 9.17) is 0 Å². The van der Waals surface area contributed by atoms with E-state index >= 15 is 0 Å². The summed E-state index contributed by atoms with van der Waals surface area (Å²) in [4.78, 5) is 0. The van der Waals surface area contributed by atoms with Gasteiger partial charge in [0, 0.05) is 0 Å². The minimum absolute atomic E-state index is 0. The van der Waals surface area contributed by atoms with Crippen molar-refractivity contribution in [1.82, 2.24) is 0 Å². The molecule has 7 heavy (non-hydrogen) atoms. The van der Waals surface area contributed by atoms with Gasteiger partial charge in [-0.2, -0.15) is 0 Å². The van der Waals surface area contributed by atoms with Gasteiger partial charge in [-0.1, -0.05) is 19.8 Å². The Morgan fingerprint density at radius 3 is 1.86 bits per heavy atom. The fourth-order valence-electron chi connectivity index (χ4n) is 0.236. The molecule has 0 heterocycles. The van der Waals surface area contributed by atoms with E-state index < -0.39 is 6.29 Å². The second-order valence-electron chi connectivity index (χ2n) is 1.22. The summed E-state index contributed by atoms with van der Waals surface area (Å²) in [5, 5.41) is 19.1. The predicted octanol–water partition coefficient (Wildman–Crippen LogP) is -1.55. The first-order valence-corrected chi connectivity index (χ1v) is 2.09. The first kappa shape index (κ1) is 11.2. The molecular weight excluding hydrogens is 168 g/mol. The second-order valence-corrected chi connectivity index (χ2v) is 1.22. The van der Waals surface area contributed by atoms with Gasteiger partial charge in [-0.15, -0.1) is 0 Å². The van der Waals surface area contributed by atoms with Crippen LogP contribution in [0, 0.1) is 0 Å². The van der Waals surface area contributed by atoms with Gasteiger partial charge in [0.25, 0.3) is 0 Å². The van der Waals surface area contributed by atoms with Crippen molar-refractivity contribution < 1.29 is 10.2 Å². The summed E-state index contributed by atoms with van der Waals surface area (Å²) in [5.74, 6) is 0. The van der Waals surface area contributed by atoms with Crippen LogP contribution in [-0.4, -0.2) is 51.8 Å². The first-order valence-electron chi connectivity index (χ1n) is 2.09. The molecule has 0 bridgehead atoms. The quantitative estimate of drug-likeness (QED) is 0.377. The fourth-order valence-corrected chi connectivity index (χ4v) is 0.236. The van der Waals surface area contributed by atoms with E-state index in [1.807, 2.05) is 6.92 Å². The molecule has 0 atom stereocenters. The van der Waals surface area contributed by atoms with Gasteiger partial charge in [-0.25, -0.2) is 6.29 Å². The van der Waals surface area contributed by atoms with Gasteiger partial charge in [0.15, 0.2) is 0 Å². The third kappa shape index (κ3) is 11.1. The minimum atomic E-state index is -1.60. The van der Waals surface area contributed by atoms with E-state index in [-0.39, 0.29) is 51.9 Å². The largest absolute Gasteiger partial charge is 2.00 e. The van der Waals surface area contributed by atoms with Crippen LogP contribution in [0.3, 0.4) is 0 Å². The van der Waals surface area contributed by atoms with Gasteiger partial charge in [-0.05, 0) is 0 Å². The molecule has 0 aliphatic rings. The molecule has 0 saturated heterocycles. The Hall–Kier alpha value is 1.40. The van der Waals surface area contributed by atoms with E-state index in [9.17, 15) is 10.2 Å². The smallest absolute Gasteiger partial charge is 0.865 e. The van der Waals surface area contributed by atoms with Crippen molar-refractivity contribution in [2.24, 2.45) is 0 Å². The average Bonchev–Trinajstić information content (AvgIpc) is 1.35. The SMILES string of the molecule is CCCC([O-])[O-].[Sr+2]. The van der Waals surface area contributed by atoms with Crippen molar-refractivity contribution >= 4 is 45.5 Å². The van der Waals surface area contributed by atoms with Crippen molar-refractivity contribution in [3.63, 3.8) is 0 Å². The molecule has 0 aromatic carbocycles. The van der Waals surface area contributed by atoms with Crippen molar-refractivity contribution in [2.45, 2.75) is 26.1 Å². The Morgan fingerprint density at radius 2 is 1.86 bits per heavy atom. The molecule has 0 aliphatic carbocycles. The van der Waals surface area contributed by atoms with Crippen molar-refractivity contribution in [3.8, 4) is 0 Å². The molecule has 0 rings (SSSR count). The van der Waals surface area contributed by atoms with Crippen LogP contribution >= 0.6 is 0 Å². The maximum absolute atomic E-state index is 9.57. The number of hydrogen-bond donors (Lipinski definition) is 0. The molecule has 0 aliphatic heterocycles. The summed E-state index contributed by atoms with van der Waals surface area (Å²) in [5.41, 5.74) is 0. The van der Waals surface area contributed by atoms with Crippen LogP contribution in [-0.2, 0) is 0 Å². The summed E-state index contributed by atoms with van der Waals surface area (Å²) in [6.45, 7) is 1.82. The zero-order chi connectivity index (χ0) is 4.99. The molecule has 0 aromatic rings. The topological polar surface area (TPSA) is 46.1 Å². The van der Waals surface area contributed by atoms with Crippen molar-refractivity contribution in [2.75, 3.05) is 0 Å². The average molecular weight is 176 g/mol. The molecular formula is C4H8O2Sr. The van der Waals surface area contributed by atoms with Crippen LogP contribution < -0.4 is 10.2 Å². The van der Waals surface area contributed by atoms with Gasteiger partial charge in [0.1, 0.15) is 0 Å². The fraction of sp³-hybridized carbons (Fsp3) is 1.00. The maximum Gasteiger partial charge on any atom is 2.00 e. The number of rotatable bonds is 2. The van der Waals surface area contributed by atoms with Gasteiger partial charge < -0.3 is 10.2 Å². The molecule has 0 saturated carbocycles. The van der Waals surface area contributed by atoms with Crippen LogP contribution in [0.1, 0.15) is 19.8 Å². The zero-order valence-corrected chi connectivity index (χ0v) is 7.99. The molecule has 0 N–H and O–H groups in total. The molecule has 0 aromatic heterocycles. The summed E-state index contributed by atoms with van der Waals surface area (Å²) < 4.78 is 0. The van der Waals surface area contributed by atoms with E-state index in [1.165, 1.54) is 0 Å². The van der Waals surface area contributed by atoms with E-state index in [0.29, 0.717) is 6.42 Å². The van der Waals surface area contributed by atoms with Crippen molar-refractivity contribution in [1.29, 1.82) is 0 Å². The standard InChI is InChI=1S/C4H8O2.Sr/c1-2-3-4(5)6;/h4H,2-3H2,1H3;/q-2;+2. The van der Waals surface area contributed by atoms with Crippen LogP contribution in [0.5, 0.6) is 0 Å². The van der Waals surface area contributed by atoms with Crippen LogP contribution in [0.2, 0.25) is 0 Å². The normalized spacial score (nSPS) is 8.57. The zero-order valence-electron chi connectivity index (χ0n) is 4.52. The summed E-state index contributed by atoms with van der Waals surface area (Å²) in [6, 6.07) is 0. The van der Waals surface area contributed by atoms with E-state index in [0.717, 1.165) is 0 Å². The third-order valence-electron chi connectivity index (χ3n) is 0.524. The number of hydrogen-bond acceptors (Lipinski definition) is 2. The van der Waals surface area contributed by atoms with Gasteiger partial charge in [0.05, 0.1) is 0 Å². The molecule has 38 valence electrons. The molecule has 0 spiro atoms. The summed E-state index contributed by atoms with van der Waals surface area (Å²) in [6.07, 6.45) is -0.632. The summed E-state index contributed by atoms with van der Waals surface area (Å²) >= 11 is 0. The molecule has 3 heteroatoms. The maximum atomic E-state index is 9.57. The Balaban J connectivity index is 0. The van der Waals surface area contributed by atoms with Crippen molar-refractivity contribution in [3.05, 3.63) is 0 Å². The Labute approximate surface area is 80.8 Å². The monoisotopic (exact) mass is 176 g/mol. The summed E-state index contributed by atoms with van der Waals surface area (Å²) in [7, 11) is 0. The van der Waals surface area contributed by atoms with Gasteiger partial charge in [0.2, 0.25) is 0 Å². The Morgan fingerprint density at radius 1 is 1.43 bits per heavy atom. The molecule has 0 radical (unpaired) electrons. The second kappa shape index (κ2) is 7.40. The predicted molar refractivity (Wildman–Crippen MR) is 24.4 cm³/mol. The Kier molecular flexibility index (Phi) is 11.9. The molecule has 0 unspecified atom stereocenters. The van der Waals surface area contributed by atoms with E-state index in [2.05, 4.69) is 0 Å². The molecule has 0 amide bonds. The van der Waals surface area contributed by atoms with Gasteiger partial charge in [-0.3, -0.25) is 0 Å². The van der Waals surface area contributed by atoms with Gasteiger partial charge >= 0.3 is 45.5 Å².